The molecule has 1 heterocycles. The van der Waals surface area contributed by atoms with Crippen LogP contribution in [0.4, 0.5) is 13.2 Å². The Morgan fingerprint density at radius 1 is 1.33 bits per heavy atom. The zero-order valence-corrected chi connectivity index (χ0v) is 6.87. The Labute approximate surface area is 72.2 Å². The van der Waals surface area contributed by atoms with E-state index in [1.54, 1.807) is 0 Å². The second kappa shape index (κ2) is 2.94. The SMILES string of the molecule is Cc1ccc(Cl)c(C(F)(F)F)n1. The average molecular weight is 196 g/mol. The molecule has 0 aliphatic rings. The van der Waals surface area contributed by atoms with Crippen LogP contribution in [-0.2, 0) is 6.18 Å². The van der Waals surface area contributed by atoms with Gasteiger partial charge in [-0.1, -0.05) is 11.6 Å². The van der Waals surface area contributed by atoms with Crippen LogP contribution in [-0.4, -0.2) is 4.98 Å². The van der Waals surface area contributed by atoms with E-state index in [1.165, 1.54) is 19.1 Å². The molecule has 66 valence electrons. The Hall–Kier alpha value is -0.770. The van der Waals surface area contributed by atoms with Crippen LogP contribution < -0.4 is 0 Å². The van der Waals surface area contributed by atoms with E-state index in [-0.39, 0.29) is 5.02 Å². The van der Waals surface area contributed by atoms with Gasteiger partial charge < -0.3 is 0 Å². The smallest absolute Gasteiger partial charge is 0.247 e. The molecule has 0 saturated heterocycles. The fraction of sp³-hybridized carbons (Fsp3) is 0.286. The molecule has 0 aliphatic carbocycles. The number of pyridine rings is 1. The van der Waals surface area contributed by atoms with Crippen LogP contribution in [0.3, 0.4) is 0 Å². The molecule has 12 heavy (non-hydrogen) atoms. The molecule has 0 atom stereocenters. The molecule has 0 fully saturated rings. The van der Waals surface area contributed by atoms with Crippen molar-refractivity contribution in [3.05, 3.63) is 28.5 Å². The Morgan fingerprint density at radius 2 is 1.92 bits per heavy atom. The van der Waals surface area contributed by atoms with Crippen LogP contribution in [0, 0.1) is 6.92 Å². The lowest BCUT2D eigenvalue weighted by Crippen LogP contribution is -2.09. The van der Waals surface area contributed by atoms with E-state index in [0.29, 0.717) is 5.69 Å². The highest BCUT2D eigenvalue weighted by Crippen LogP contribution is 2.32. The van der Waals surface area contributed by atoms with Gasteiger partial charge >= 0.3 is 6.18 Å². The second-order valence-corrected chi connectivity index (χ2v) is 2.69. The highest BCUT2D eigenvalue weighted by atomic mass is 35.5. The molecule has 1 aromatic rings. The number of hydrogen-bond donors (Lipinski definition) is 0. The third-order valence-electron chi connectivity index (χ3n) is 1.25. The summed E-state index contributed by atoms with van der Waals surface area (Å²) < 4.78 is 36.2. The summed E-state index contributed by atoms with van der Waals surface area (Å²) >= 11 is 5.30. The quantitative estimate of drug-likeness (QED) is 0.620. The molecule has 0 aromatic carbocycles. The van der Waals surface area contributed by atoms with Crippen LogP contribution in [0.5, 0.6) is 0 Å². The largest absolute Gasteiger partial charge is 0.434 e. The van der Waals surface area contributed by atoms with Gasteiger partial charge in [-0.3, -0.25) is 0 Å². The van der Waals surface area contributed by atoms with Gasteiger partial charge in [0.15, 0.2) is 5.69 Å². The van der Waals surface area contributed by atoms with Gasteiger partial charge in [-0.15, -0.1) is 0 Å². The number of aryl methyl sites for hydroxylation is 1. The van der Waals surface area contributed by atoms with E-state index >= 15 is 0 Å². The van der Waals surface area contributed by atoms with Gasteiger partial charge in [-0.05, 0) is 19.1 Å². The summed E-state index contributed by atoms with van der Waals surface area (Å²) in [4.78, 5) is 3.29. The molecule has 0 radical (unpaired) electrons. The minimum atomic E-state index is -4.47. The second-order valence-electron chi connectivity index (χ2n) is 2.28. The zero-order valence-electron chi connectivity index (χ0n) is 6.11. The summed E-state index contributed by atoms with van der Waals surface area (Å²) in [6, 6.07) is 2.62. The van der Waals surface area contributed by atoms with E-state index in [1.807, 2.05) is 0 Å². The van der Waals surface area contributed by atoms with Crippen molar-refractivity contribution in [2.75, 3.05) is 0 Å². The van der Waals surface area contributed by atoms with E-state index in [9.17, 15) is 13.2 Å². The lowest BCUT2D eigenvalue weighted by molar-refractivity contribution is -0.141. The topological polar surface area (TPSA) is 12.9 Å². The van der Waals surface area contributed by atoms with Crippen molar-refractivity contribution in [2.24, 2.45) is 0 Å². The first kappa shape index (κ1) is 9.32. The predicted molar refractivity (Wildman–Crippen MR) is 39.0 cm³/mol. The predicted octanol–water partition coefficient (Wildman–Crippen LogP) is 3.06. The van der Waals surface area contributed by atoms with Gasteiger partial charge in [0.2, 0.25) is 0 Å². The Bertz CT molecular complexity index is 295. The van der Waals surface area contributed by atoms with Crippen LogP contribution in [0.15, 0.2) is 12.1 Å². The molecule has 1 nitrogen and oxygen atoms in total. The first-order chi connectivity index (χ1) is 5.41. The van der Waals surface area contributed by atoms with Gasteiger partial charge in [-0.25, -0.2) is 4.98 Å². The Morgan fingerprint density at radius 3 is 2.33 bits per heavy atom. The highest BCUT2D eigenvalue weighted by molar-refractivity contribution is 6.31. The van der Waals surface area contributed by atoms with Crippen molar-refractivity contribution >= 4 is 11.6 Å². The van der Waals surface area contributed by atoms with Crippen LogP contribution in [0.25, 0.3) is 0 Å². The van der Waals surface area contributed by atoms with E-state index < -0.39 is 11.9 Å². The van der Waals surface area contributed by atoms with Gasteiger partial charge in [-0.2, -0.15) is 13.2 Å². The molecule has 5 heteroatoms. The third-order valence-corrected chi connectivity index (χ3v) is 1.56. The number of rotatable bonds is 0. The van der Waals surface area contributed by atoms with Crippen LogP contribution in [0.1, 0.15) is 11.4 Å². The maximum Gasteiger partial charge on any atom is 0.434 e. The van der Waals surface area contributed by atoms with Crippen LogP contribution >= 0.6 is 11.6 Å². The fourth-order valence-electron chi connectivity index (χ4n) is 0.739. The summed E-state index contributed by atoms with van der Waals surface area (Å²) in [5.74, 6) is 0. The van der Waals surface area contributed by atoms with Crippen molar-refractivity contribution in [1.82, 2.24) is 4.98 Å². The number of nitrogens with zero attached hydrogens (tertiary/aromatic N) is 1. The number of halogens is 4. The summed E-state index contributed by atoms with van der Waals surface area (Å²) in [7, 11) is 0. The molecule has 0 saturated carbocycles. The molecule has 0 unspecified atom stereocenters. The number of aromatic nitrogens is 1. The Balaban J connectivity index is 3.23. The molecule has 0 bridgehead atoms. The molecule has 0 amide bonds. The van der Waals surface area contributed by atoms with Gasteiger partial charge in [0.1, 0.15) is 0 Å². The monoisotopic (exact) mass is 195 g/mol. The fourth-order valence-corrected chi connectivity index (χ4v) is 0.951. The molecular formula is C7H5ClF3N. The van der Waals surface area contributed by atoms with E-state index in [0.717, 1.165) is 0 Å². The maximum atomic E-state index is 12.1. The van der Waals surface area contributed by atoms with Crippen molar-refractivity contribution in [2.45, 2.75) is 13.1 Å². The minimum Gasteiger partial charge on any atom is -0.247 e. The molecule has 0 aliphatic heterocycles. The van der Waals surface area contributed by atoms with Crippen LogP contribution in [0.2, 0.25) is 5.02 Å². The summed E-state index contributed by atoms with van der Waals surface area (Å²) in [6.45, 7) is 1.48. The van der Waals surface area contributed by atoms with Crippen molar-refractivity contribution in [3.63, 3.8) is 0 Å². The Kier molecular flexibility index (Phi) is 2.28. The van der Waals surface area contributed by atoms with E-state index in [2.05, 4.69) is 4.98 Å². The summed E-state index contributed by atoms with van der Waals surface area (Å²) in [5, 5.41) is -0.367. The van der Waals surface area contributed by atoms with E-state index in [4.69, 9.17) is 11.6 Å². The first-order valence-corrected chi connectivity index (χ1v) is 3.49. The van der Waals surface area contributed by atoms with Crippen molar-refractivity contribution in [1.29, 1.82) is 0 Å². The first-order valence-electron chi connectivity index (χ1n) is 3.11. The lowest BCUT2D eigenvalue weighted by Gasteiger charge is -2.07. The summed E-state index contributed by atoms with van der Waals surface area (Å²) in [5.41, 5.74) is -0.726. The normalized spacial score (nSPS) is 11.8. The third kappa shape index (κ3) is 1.88. The number of hydrogen-bond acceptors (Lipinski definition) is 1. The summed E-state index contributed by atoms with van der Waals surface area (Å²) in [6.07, 6.45) is -4.47. The highest BCUT2D eigenvalue weighted by Gasteiger charge is 2.35. The van der Waals surface area contributed by atoms with Gasteiger partial charge in [0.05, 0.1) is 5.02 Å². The molecule has 0 spiro atoms. The van der Waals surface area contributed by atoms with Crippen molar-refractivity contribution < 1.29 is 13.2 Å². The lowest BCUT2D eigenvalue weighted by atomic mass is 10.3. The minimum absolute atomic E-state index is 0.298. The molecule has 0 N–H and O–H groups in total. The maximum absolute atomic E-state index is 12.1. The number of alkyl halides is 3. The molecule has 1 rings (SSSR count). The van der Waals surface area contributed by atoms with Gasteiger partial charge in [0.25, 0.3) is 0 Å². The zero-order chi connectivity index (χ0) is 9.35. The molecular weight excluding hydrogens is 191 g/mol. The van der Waals surface area contributed by atoms with Gasteiger partial charge in [0, 0.05) is 5.69 Å². The average Bonchev–Trinajstić information content (AvgIpc) is 1.92. The molecule has 1 aromatic heterocycles. The van der Waals surface area contributed by atoms with Crippen molar-refractivity contribution in [3.8, 4) is 0 Å². The standard InChI is InChI=1S/C7H5ClF3N/c1-4-2-3-5(8)6(12-4)7(9,10)11/h2-3H,1H3.